The zero-order valence-electron chi connectivity index (χ0n) is 21.7. The van der Waals surface area contributed by atoms with Gasteiger partial charge in [-0.15, -0.1) is 0 Å². The summed E-state index contributed by atoms with van der Waals surface area (Å²) in [5.74, 6) is 0.832. The second kappa shape index (κ2) is 12.0. The number of benzene rings is 2. The van der Waals surface area contributed by atoms with Crippen molar-refractivity contribution in [2.45, 2.75) is 39.8 Å². The number of allylic oxidation sites excluding steroid dienone is 1. The molecule has 198 valence electrons. The molecule has 9 heteroatoms. The highest BCUT2D eigenvalue weighted by atomic mass is 79.9. The molecule has 0 N–H and O–H groups in total. The topological polar surface area (TPSA) is 79.1 Å². The number of carbonyl (C=O) groups is 1. The molecule has 38 heavy (non-hydrogen) atoms. The molecule has 1 atom stereocenters. The molecular weight excluding hydrogens is 568 g/mol. The van der Waals surface area contributed by atoms with Crippen LogP contribution in [0.5, 0.6) is 11.5 Å². The number of rotatable bonds is 9. The summed E-state index contributed by atoms with van der Waals surface area (Å²) in [5, 5.41) is 0. The van der Waals surface area contributed by atoms with E-state index < -0.39 is 12.0 Å². The Morgan fingerprint density at radius 3 is 2.61 bits per heavy atom. The van der Waals surface area contributed by atoms with Crippen molar-refractivity contribution >= 4 is 39.3 Å². The number of halogens is 1. The Kier molecular flexibility index (Phi) is 8.69. The van der Waals surface area contributed by atoms with E-state index in [4.69, 9.17) is 14.2 Å². The first-order valence-corrected chi connectivity index (χ1v) is 13.8. The summed E-state index contributed by atoms with van der Waals surface area (Å²) in [6.07, 6.45) is 3.13. The molecule has 7 nitrogen and oxygen atoms in total. The highest BCUT2D eigenvalue weighted by Gasteiger charge is 2.33. The minimum absolute atomic E-state index is 0.260. The van der Waals surface area contributed by atoms with E-state index in [1.165, 1.54) is 11.3 Å². The van der Waals surface area contributed by atoms with E-state index in [-0.39, 0.29) is 11.7 Å². The summed E-state index contributed by atoms with van der Waals surface area (Å²) in [5.41, 5.74) is 2.08. The molecule has 0 bridgehead atoms. The third-order valence-corrected chi connectivity index (χ3v) is 7.18. The lowest BCUT2D eigenvalue weighted by Gasteiger charge is -2.25. The zero-order chi connectivity index (χ0) is 27.4. The van der Waals surface area contributed by atoms with Crippen molar-refractivity contribution in [3.8, 4) is 11.5 Å². The number of hydrogen-bond donors (Lipinski definition) is 0. The van der Waals surface area contributed by atoms with Crippen molar-refractivity contribution in [2.24, 2.45) is 4.99 Å². The lowest BCUT2D eigenvalue weighted by Crippen LogP contribution is -2.40. The smallest absolute Gasteiger partial charge is 0.338 e. The predicted octanol–water partition coefficient (Wildman–Crippen LogP) is 4.91. The number of ether oxygens (including phenoxy) is 3. The van der Waals surface area contributed by atoms with E-state index in [0.29, 0.717) is 45.3 Å². The normalized spacial score (nSPS) is 15.2. The Balaban J connectivity index is 1.91. The molecule has 0 saturated carbocycles. The molecule has 2 heterocycles. The molecule has 0 unspecified atom stereocenters. The Morgan fingerprint density at radius 1 is 1.21 bits per heavy atom. The van der Waals surface area contributed by atoms with E-state index >= 15 is 0 Å². The monoisotopic (exact) mass is 596 g/mol. The summed E-state index contributed by atoms with van der Waals surface area (Å²) in [7, 11) is 0. The van der Waals surface area contributed by atoms with Crippen molar-refractivity contribution in [1.29, 1.82) is 0 Å². The number of esters is 1. The molecule has 1 aliphatic heterocycles. The lowest BCUT2D eigenvalue weighted by molar-refractivity contribution is -0.143. The van der Waals surface area contributed by atoms with Gasteiger partial charge in [-0.2, -0.15) is 0 Å². The molecule has 2 aromatic carbocycles. The third-order valence-electron chi connectivity index (χ3n) is 5.71. The van der Waals surface area contributed by atoms with Crippen molar-refractivity contribution in [3.05, 3.63) is 102 Å². The number of nitrogens with zero attached hydrogens (tertiary/aromatic N) is 2. The van der Waals surface area contributed by atoms with E-state index in [1.54, 1.807) is 37.5 Å². The first-order chi connectivity index (χ1) is 18.2. The van der Waals surface area contributed by atoms with Crippen LogP contribution >= 0.6 is 27.3 Å². The fourth-order valence-corrected chi connectivity index (χ4v) is 5.56. The maximum Gasteiger partial charge on any atom is 0.338 e. The van der Waals surface area contributed by atoms with Crippen LogP contribution in [-0.2, 0) is 9.53 Å². The van der Waals surface area contributed by atoms with Gasteiger partial charge in [0.1, 0.15) is 18.1 Å². The van der Waals surface area contributed by atoms with Gasteiger partial charge in [0.05, 0.1) is 34.6 Å². The molecule has 0 amide bonds. The van der Waals surface area contributed by atoms with Gasteiger partial charge in [0, 0.05) is 10.0 Å². The number of thiazole rings is 1. The lowest BCUT2D eigenvalue weighted by atomic mass is 9.96. The van der Waals surface area contributed by atoms with Gasteiger partial charge in [-0.3, -0.25) is 9.36 Å². The summed E-state index contributed by atoms with van der Waals surface area (Å²) >= 11 is 4.76. The van der Waals surface area contributed by atoms with Gasteiger partial charge in [0.2, 0.25) is 0 Å². The van der Waals surface area contributed by atoms with Gasteiger partial charge in [-0.25, -0.2) is 9.79 Å². The molecule has 0 fully saturated rings. The van der Waals surface area contributed by atoms with Gasteiger partial charge < -0.3 is 14.2 Å². The van der Waals surface area contributed by atoms with Crippen LogP contribution in [0.1, 0.15) is 44.9 Å². The standard InChI is InChI=1S/C29H29BrN2O5S/c1-6-14-36-23-13-10-21(30)15-20(23)16-24-27(33)32-26(19-8-11-22(12-9-19)35-7-2)25(28(34)37-17(3)4)18(5)31-29(32)38-24/h6,8-13,15-17,26H,1,7,14H2,2-5H3/b24-16+/t26-/m0/s1. The molecule has 0 aliphatic carbocycles. The van der Waals surface area contributed by atoms with Crippen LogP contribution in [0.15, 0.2) is 80.6 Å². The highest BCUT2D eigenvalue weighted by Crippen LogP contribution is 2.32. The summed E-state index contributed by atoms with van der Waals surface area (Å²) in [6, 6.07) is 12.3. The fourth-order valence-electron chi connectivity index (χ4n) is 4.14. The van der Waals surface area contributed by atoms with Gasteiger partial charge in [-0.05, 0) is 69.7 Å². The van der Waals surface area contributed by atoms with Crippen LogP contribution in [0, 0.1) is 0 Å². The van der Waals surface area contributed by atoms with E-state index in [9.17, 15) is 9.59 Å². The van der Waals surface area contributed by atoms with Crippen molar-refractivity contribution in [2.75, 3.05) is 13.2 Å². The van der Waals surface area contributed by atoms with Crippen molar-refractivity contribution in [3.63, 3.8) is 0 Å². The molecule has 4 rings (SSSR count). The molecular formula is C29H29BrN2O5S. The van der Waals surface area contributed by atoms with Crippen LogP contribution < -0.4 is 24.4 Å². The molecule has 0 spiro atoms. The third kappa shape index (κ3) is 5.84. The van der Waals surface area contributed by atoms with E-state index in [0.717, 1.165) is 15.6 Å². The van der Waals surface area contributed by atoms with Crippen LogP contribution in [-0.4, -0.2) is 29.9 Å². The van der Waals surface area contributed by atoms with Gasteiger partial charge >= 0.3 is 5.97 Å². The summed E-state index contributed by atoms with van der Waals surface area (Å²) < 4.78 is 19.8. The summed E-state index contributed by atoms with van der Waals surface area (Å²) in [6.45, 7) is 11.8. The van der Waals surface area contributed by atoms with Crippen LogP contribution in [0.2, 0.25) is 0 Å². The van der Waals surface area contributed by atoms with E-state index in [1.807, 2.05) is 49.4 Å². The highest BCUT2D eigenvalue weighted by molar-refractivity contribution is 9.10. The van der Waals surface area contributed by atoms with Crippen molar-refractivity contribution < 1.29 is 19.0 Å². The van der Waals surface area contributed by atoms with Crippen LogP contribution in [0.4, 0.5) is 0 Å². The number of carbonyl (C=O) groups excluding carboxylic acids is 1. The Morgan fingerprint density at radius 2 is 1.95 bits per heavy atom. The first kappa shape index (κ1) is 27.6. The van der Waals surface area contributed by atoms with Gasteiger partial charge in [0.25, 0.3) is 5.56 Å². The van der Waals surface area contributed by atoms with Crippen molar-refractivity contribution in [1.82, 2.24) is 4.57 Å². The number of hydrogen-bond acceptors (Lipinski definition) is 7. The second-order valence-corrected chi connectivity index (χ2v) is 10.7. The summed E-state index contributed by atoms with van der Waals surface area (Å²) in [4.78, 5) is 32.3. The number of fused-ring (bicyclic) bond motifs is 1. The molecule has 3 aromatic rings. The molecule has 1 aliphatic rings. The minimum Gasteiger partial charge on any atom is -0.494 e. The first-order valence-electron chi connectivity index (χ1n) is 12.2. The van der Waals surface area contributed by atoms with Gasteiger partial charge in [-0.1, -0.05) is 52.1 Å². The SMILES string of the molecule is C=CCOc1ccc(Br)cc1/C=c1/sc2n(c1=O)[C@@H](c1ccc(OCC)cc1)C(C(=O)OC(C)C)=C(C)N=2. The Hall–Kier alpha value is -3.43. The molecule has 0 radical (unpaired) electrons. The van der Waals surface area contributed by atoms with Crippen LogP contribution in [0.25, 0.3) is 6.08 Å². The predicted molar refractivity (Wildman–Crippen MR) is 152 cm³/mol. The van der Waals surface area contributed by atoms with Crippen LogP contribution in [0.3, 0.4) is 0 Å². The Bertz CT molecular complexity index is 1570. The molecule has 1 aromatic heterocycles. The van der Waals surface area contributed by atoms with E-state index in [2.05, 4.69) is 27.5 Å². The molecule has 0 saturated heterocycles. The second-order valence-electron chi connectivity index (χ2n) is 8.82. The van der Waals surface area contributed by atoms with Gasteiger partial charge in [0.15, 0.2) is 4.80 Å². The maximum atomic E-state index is 13.9. The zero-order valence-corrected chi connectivity index (χ0v) is 24.1. The minimum atomic E-state index is -0.700. The average Bonchev–Trinajstić information content (AvgIpc) is 3.17. The fraction of sp³-hybridized carbons (Fsp3) is 0.276. The largest absolute Gasteiger partial charge is 0.494 e. The number of aromatic nitrogens is 1. The quantitative estimate of drug-likeness (QED) is 0.259. The average molecular weight is 598 g/mol. The Labute approximate surface area is 233 Å². The maximum absolute atomic E-state index is 13.9.